The van der Waals surface area contributed by atoms with Gasteiger partial charge in [-0.25, -0.2) is 4.98 Å². The van der Waals surface area contributed by atoms with Gasteiger partial charge >= 0.3 is 0 Å². The van der Waals surface area contributed by atoms with Gasteiger partial charge < -0.3 is 10.7 Å². The molecule has 0 atom stereocenters. The first-order valence-corrected chi connectivity index (χ1v) is 6.47. The van der Waals surface area contributed by atoms with Crippen LogP contribution in [0.4, 0.5) is 5.69 Å². The molecule has 0 aliphatic heterocycles. The van der Waals surface area contributed by atoms with Crippen molar-refractivity contribution >= 4 is 23.2 Å². The second-order valence-corrected chi connectivity index (χ2v) is 4.56. The number of nitrogens with zero attached hydrogens (tertiary/aromatic N) is 2. The normalized spacial score (nSPS) is 10.3. The summed E-state index contributed by atoms with van der Waals surface area (Å²) in [5, 5.41) is 9.81. The summed E-state index contributed by atoms with van der Waals surface area (Å²) in [6, 6.07) is 4.89. The molecule has 5 N–H and O–H groups in total. The smallest absolute Gasteiger partial charge is 0.253 e. The number of nitrogen functional groups attached to an aromatic ring is 1. The van der Waals surface area contributed by atoms with Gasteiger partial charge in [0.15, 0.2) is 0 Å². The first kappa shape index (κ1) is 14.3. The van der Waals surface area contributed by atoms with E-state index in [0.29, 0.717) is 22.8 Å². The molecular formula is C12H15ClN6O. The minimum atomic E-state index is -0.224. The van der Waals surface area contributed by atoms with Gasteiger partial charge in [-0.3, -0.25) is 15.7 Å². The number of hydrogen-bond donors (Lipinski definition) is 4. The molecule has 0 aliphatic rings. The predicted octanol–water partition coefficient (Wildman–Crippen LogP) is 1.11. The van der Waals surface area contributed by atoms with Crippen LogP contribution in [0.15, 0.2) is 24.5 Å². The third-order valence-corrected chi connectivity index (χ3v) is 2.96. The fourth-order valence-corrected chi connectivity index (χ4v) is 1.91. The Bertz CT molecular complexity index is 571. The van der Waals surface area contributed by atoms with Crippen LogP contribution in [0.25, 0.3) is 0 Å². The van der Waals surface area contributed by atoms with E-state index in [2.05, 4.69) is 25.9 Å². The van der Waals surface area contributed by atoms with Crippen LogP contribution in [0.2, 0.25) is 5.02 Å². The second-order valence-electron chi connectivity index (χ2n) is 4.13. The number of carbonyl (C=O) groups excluding carboxylic acids is 1. The highest BCUT2D eigenvalue weighted by molar-refractivity contribution is 6.31. The summed E-state index contributed by atoms with van der Waals surface area (Å²) in [5.41, 5.74) is 3.42. The number of aromatic nitrogens is 3. The van der Waals surface area contributed by atoms with Crippen molar-refractivity contribution in [3.05, 3.63) is 40.9 Å². The maximum atomic E-state index is 12.0. The van der Waals surface area contributed by atoms with E-state index in [1.165, 1.54) is 6.33 Å². The Morgan fingerprint density at radius 3 is 3.00 bits per heavy atom. The van der Waals surface area contributed by atoms with Gasteiger partial charge in [0.25, 0.3) is 5.91 Å². The second kappa shape index (κ2) is 6.88. The van der Waals surface area contributed by atoms with Crippen LogP contribution < -0.4 is 16.6 Å². The van der Waals surface area contributed by atoms with Crippen molar-refractivity contribution in [2.24, 2.45) is 5.84 Å². The van der Waals surface area contributed by atoms with Gasteiger partial charge in [0, 0.05) is 18.0 Å². The number of rotatable bonds is 6. The molecule has 0 bridgehead atoms. The standard InChI is InChI=1S/C12H15ClN6O/c13-8-3-4-10(18-14)9(6-8)12(20)15-5-1-2-11-16-7-17-19-11/h3-4,6-7,18H,1-2,5,14H2,(H,15,20)(H,16,17,19). The number of H-pyrrole nitrogens is 1. The van der Waals surface area contributed by atoms with E-state index in [0.717, 1.165) is 18.7 Å². The number of hydrazine groups is 1. The number of aryl methyl sites for hydroxylation is 1. The van der Waals surface area contributed by atoms with Crippen molar-refractivity contribution in [3.8, 4) is 0 Å². The number of carbonyl (C=O) groups is 1. The maximum Gasteiger partial charge on any atom is 0.253 e. The Hall–Kier alpha value is -2.12. The summed E-state index contributed by atoms with van der Waals surface area (Å²) < 4.78 is 0. The number of hydrogen-bond acceptors (Lipinski definition) is 5. The van der Waals surface area contributed by atoms with Crippen molar-refractivity contribution in [2.75, 3.05) is 12.0 Å². The van der Waals surface area contributed by atoms with Crippen molar-refractivity contribution in [3.63, 3.8) is 0 Å². The van der Waals surface area contributed by atoms with Gasteiger partial charge in [0.1, 0.15) is 12.2 Å². The number of nitrogens with two attached hydrogens (primary N) is 1. The lowest BCUT2D eigenvalue weighted by Crippen LogP contribution is -2.26. The van der Waals surface area contributed by atoms with E-state index in [1.54, 1.807) is 18.2 Å². The molecule has 0 radical (unpaired) electrons. The van der Waals surface area contributed by atoms with Crippen LogP contribution in [0.3, 0.4) is 0 Å². The summed E-state index contributed by atoms with van der Waals surface area (Å²) in [6.07, 6.45) is 2.93. The Morgan fingerprint density at radius 1 is 1.45 bits per heavy atom. The van der Waals surface area contributed by atoms with E-state index < -0.39 is 0 Å². The molecule has 1 aromatic heterocycles. The van der Waals surface area contributed by atoms with E-state index in [1.807, 2.05) is 0 Å². The monoisotopic (exact) mass is 294 g/mol. The molecule has 2 aromatic rings. The lowest BCUT2D eigenvalue weighted by molar-refractivity contribution is 0.0954. The maximum absolute atomic E-state index is 12.0. The van der Waals surface area contributed by atoms with Gasteiger partial charge in [0.2, 0.25) is 0 Å². The molecule has 0 aliphatic carbocycles. The van der Waals surface area contributed by atoms with Crippen LogP contribution in [-0.4, -0.2) is 27.6 Å². The zero-order valence-corrected chi connectivity index (χ0v) is 11.4. The average Bonchev–Trinajstić information content (AvgIpc) is 2.96. The summed E-state index contributed by atoms with van der Waals surface area (Å²) in [4.78, 5) is 16.0. The SMILES string of the molecule is NNc1ccc(Cl)cc1C(=O)NCCCc1ncn[nH]1. The van der Waals surface area contributed by atoms with Crippen LogP contribution in [0.1, 0.15) is 22.6 Å². The number of nitrogens with one attached hydrogen (secondary N) is 3. The minimum Gasteiger partial charge on any atom is -0.352 e. The largest absolute Gasteiger partial charge is 0.352 e. The van der Waals surface area contributed by atoms with Crippen molar-refractivity contribution in [1.29, 1.82) is 0 Å². The molecule has 1 amide bonds. The van der Waals surface area contributed by atoms with Gasteiger partial charge in [-0.15, -0.1) is 0 Å². The number of anilines is 1. The minimum absolute atomic E-state index is 0.224. The Labute approximate surface area is 120 Å². The van der Waals surface area contributed by atoms with E-state index >= 15 is 0 Å². The summed E-state index contributed by atoms with van der Waals surface area (Å²) in [7, 11) is 0. The molecule has 0 saturated heterocycles. The lowest BCUT2D eigenvalue weighted by atomic mass is 10.1. The fourth-order valence-electron chi connectivity index (χ4n) is 1.73. The predicted molar refractivity (Wildman–Crippen MR) is 76.3 cm³/mol. The zero-order valence-electron chi connectivity index (χ0n) is 10.7. The van der Waals surface area contributed by atoms with Crippen molar-refractivity contribution < 1.29 is 4.79 Å². The lowest BCUT2D eigenvalue weighted by Gasteiger charge is -2.09. The molecule has 1 heterocycles. The molecule has 0 unspecified atom stereocenters. The first-order chi connectivity index (χ1) is 9.70. The van der Waals surface area contributed by atoms with Crippen LogP contribution in [-0.2, 0) is 6.42 Å². The number of benzene rings is 1. The molecule has 106 valence electrons. The average molecular weight is 295 g/mol. The summed E-state index contributed by atoms with van der Waals surface area (Å²) in [5.74, 6) is 5.94. The number of amides is 1. The molecular weight excluding hydrogens is 280 g/mol. The van der Waals surface area contributed by atoms with Gasteiger partial charge in [-0.1, -0.05) is 11.6 Å². The molecule has 8 heteroatoms. The fraction of sp³-hybridized carbons (Fsp3) is 0.250. The molecule has 20 heavy (non-hydrogen) atoms. The third-order valence-electron chi connectivity index (χ3n) is 2.72. The molecule has 1 aromatic carbocycles. The van der Waals surface area contributed by atoms with E-state index in [-0.39, 0.29) is 5.91 Å². The highest BCUT2D eigenvalue weighted by Crippen LogP contribution is 2.19. The number of halogens is 1. The molecule has 0 fully saturated rings. The quantitative estimate of drug-likeness (QED) is 0.362. The third kappa shape index (κ3) is 3.69. The topological polar surface area (TPSA) is 109 Å². The van der Waals surface area contributed by atoms with Crippen molar-refractivity contribution in [2.45, 2.75) is 12.8 Å². The van der Waals surface area contributed by atoms with E-state index in [9.17, 15) is 4.79 Å². The first-order valence-electron chi connectivity index (χ1n) is 6.09. The Morgan fingerprint density at radius 2 is 2.30 bits per heavy atom. The highest BCUT2D eigenvalue weighted by Gasteiger charge is 2.11. The van der Waals surface area contributed by atoms with Gasteiger partial charge in [-0.05, 0) is 24.6 Å². The zero-order chi connectivity index (χ0) is 14.4. The van der Waals surface area contributed by atoms with Crippen LogP contribution in [0, 0.1) is 0 Å². The number of aromatic amines is 1. The molecule has 0 spiro atoms. The van der Waals surface area contributed by atoms with Crippen molar-refractivity contribution in [1.82, 2.24) is 20.5 Å². The molecule has 7 nitrogen and oxygen atoms in total. The summed E-state index contributed by atoms with van der Waals surface area (Å²) in [6.45, 7) is 0.524. The molecule has 0 saturated carbocycles. The van der Waals surface area contributed by atoms with Gasteiger partial charge in [0.05, 0.1) is 11.3 Å². The van der Waals surface area contributed by atoms with Gasteiger partial charge in [-0.2, -0.15) is 5.10 Å². The highest BCUT2D eigenvalue weighted by atomic mass is 35.5. The Balaban J connectivity index is 1.87. The van der Waals surface area contributed by atoms with E-state index in [4.69, 9.17) is 17.4 Å². The van der Waals surface area contributed by atoms with Crippen LogP contribution >= 0.6 is 11.6 Å². The molecule has 2 rings (SSSR count). The van der Waals surface area contributed by atoms with Crippen LogP contribution in [0.5, 0.6) is 0 Å². The summed E-state index contributed by atoms with van der Waals surface area (Å²) >= 11 is 5.88. The Kier molecular flexibility index (Phi) is 4.91.